The number of nitrogens with one attached hydrogen (secondary N) is 1. The zero-order chi connectivity index (χ0) is 19.3. The summed E-state index contributed by atoms with van der Waals surface area (Å²) in [4.78, 5) is 24.8. The van der Waals surface area contributed by atoms with E-state index >= 15 is 0 Å². The van der Waals surface area contributed by atoms with Gasteiger partial charge in [-0.1, -0.05) is 13.8 Å². The third-order valence-electron chi connectivity index (χ3n) is 4.98. The summed E-state index contributed by atoms with van der Waals surface area (Å²) < 4.78 is 13.1. The number of carbonyl (C=O) groups is 1. The zero-order valence-electron chi connectivity index (χ0n) is 15.7. The molecule has 0 saturated carbocycles. The molecule has 1 aliphatic rings. The normalized spacial score (nSPS) is 16.5. The summed E-state index contributed by atoms with van der Waals surface area (Å²) in [5.74, 6) is 1.42. The quantitative estimate of drug-likeness (QED) is 0.768. The molecule has 1 atom stereocenters. The number of methoxy groups -OCH3 is 1. The van der Waals surface area contributed by atoms with Gasteiger partial charge < -0.3 is 14.0 Å². The highest BCUT2D eigenvalue weighted by atomic mass is 16.5. The van der Waals surface area contributed by atoms with Gasteiger partial charge in [-0.25, -0.2) is 0 Å². The summed E-state index contributed by atoms with van der Waals surface area (Å²) in [6.07, 6.45) is 3.20. The highest BCUT2D eigenvalue weighted by molar-refractivity contribution is 5.97. The summed E-state index contributed by atoms with van der Waals surface area (Å²) in [5.41, 5.74) is 2.65. The van der Waals surface area contributed by atoms with E-state index in [1.807, 2.05) is 26.0 Å². The summed E-state index contributed by atoms with van der Waals surface area (Å²) >= 11 is 0. The van der Waals surface area contributed by atoms with Crippen molar-refractivity contribution in [1.29, 1.82) is 0 Å². The molecule has 1 aliphatic heterocycles. The Labute approximate surface area is 155 Å². The first kappa shape index (κ1) is 17.3. The molecule has 0 bridgehead atoms. The molecule has 2 aromatic heterocycles. The number of H-pyrrole nitrogens is 1. The number of aryl methyl sites for hydroxylation is 1. The molecule has 1 unspecified atom stereocenters. The van der Waals surface area contributed by atoms with Gasteiger partial charge in [0.1, 0.15) is 17.0 Å². The molecule has 0 amide bonds. The number of Topliss-reactive ketones (excluding diaryl/α,β-unsaturated/α-hetero) is 1. The first-order valence-electron chi connectivity index (χ1n) is 8.84. The minimum atomic E-state index is -0.489. The van der Waals surface area contributed by atoms with Crippen LogP contribution < -0.4 is 15.0 Å². The van der Waals surface area contributed by atoms with Crippen LogP contribution in [0.1, 0.15) is 19.4 Å². The number of aromatic amines is 1. The fourth-order valence-corrected chi connectivity index (χ4v) is 3.60. The Morgan fingerprint density at radius 2 is 2.07 bits per heavy atom. The Hall–Kier alpha value is -3.09. The van der Waals surface area contributed by atoms with E-state index in [0.29, 0.717) is 28.8 Å². The highest BCUT2D eigenvalue weighted by Gasteiger charge is 2.33. The summed E-state index contributed by atoms with van der Waals surface area (Å²) in [5, 5.41) is 7.51. The van der Waals surface area contributed by atoms with E-state index in [1.54, 1.807) is 26.6 Å². The molecule has 1 N–H and O–H groups in total. The van der Waals surface area contributed by atoms with E-state index in [9.17, 15) is 9.59 Å². The van der Waals surface area contributed by atoms with Crippen LogP contribution in [0, 0.1) is 5.92 Å². The molecule has 0 fully saturated rings. The van der Waals surface area contributed by atoms with Crippen LogP contribution in [0.15, 0.2) is 29.3 Å². The van der Waals surface area contributed by atoms with E-state index in [2.05, 4.69) is 10.2 Å². The first-order valence-corrected chi connectivity index (χ1v) is 8.84. The van der Waals surface area contributed by atoms with E-state index in [1.165, 1.54) is 4.57 Å². The molecule has 140 valence electrons. The predicted molar refractivity (Wildman–Crippen MR) is 101 cm³/mol. The number of hydrogen-bond donors (Lipinski definition) is 1. The van der Waals surface area contributed by atoms with Gasteiger partial charge in [0.2, 0.25) is 0 Å². The number of pyridine rings is 1. The van der Waals surface area contributed by atoms with Gasteiger partial charge in [-0.15, -0.1) is 0 Å². The minimum Gasteiger partial charge on any atom is -0.497 e. The van der Waals surface area contributed by atoms with Crippen molar-refractivity contribution >= 4 is 16.7 Å². The van der Waals surface area contributed by atoms with Crippen LogP contribution in [0.3, 0.4) is 0 Å². The summed E-state index contributed by atoms with van der Waals surface area (Å²) in [6.45, 7) is 3.94. The van der Waals surface area contributed by atoms with Crippen molar-refractivity contribution in [3.63, 3.8) is 0 Å². The standard InChI is InChI=1S/C20H21N3O4/c1-10(2)18-16(24)6-11-5-12(26-4)7-13(19(11)27-18)15-9-23(3)20(25)17-14(15)8-21-22-17/h5,7-10,18H,6H2,1-4H3,(H,21,22). The average molecular weight is 367 g/mol. The maximum Gasteiger partial charge on any atom is 0.276 e. The number of rotatable bonds is 3. The second-order valence-corrected chi connectivity index (χ2v) is 7.21. The number of aromatic nitrogens is 3. The molecule has 1 aromatic carbocycles. The second kappa shape index (κ2) is 6.26. The summed E-state index contributed by atoms with van der Waals surface area (Å²) in [6, 6.07) is 3.71. The van der Waals surface area contributed by atoms with Crippen molar-refractivity contribution in [3.05, 3.63) is 40.4 Å². The highest BCUT2D eigenvalue weighted by Crippen LogP contribution is 2.42. The van der Waals surface area contributed by atoms with Crippen molar-refractivity contribution in [2.45, 2.75) is 26.4 Å². The largest absolute Gasteiger partial charge is 0.497 e. The topological polar surface area (TPSA) is 86.2 Å². The van der Waals surface area contributed by atoms with Crippen molar-refractivity contribution in [3.8, 4) is 22.6 Å². The van der Waals surface area contributed by atoms with Gasteiger partial charge in [-0.2, -0.15) is 5.10 Å². The van der Waals surface area contributed by atoms with Gasteiger partial charge >= 0.3 is 0 Å². The molecular weight excluding hydrogens is 346 g/mol. The smallest absolute Gasteiger partial charge is 0.276 e. The monoisotopic (exact) mass is 367 g/mol. The lowest BCUT2D eigenvalue weighted by Gasteiger charge is -2.29. The second-order valence-electron chi connectivity index (χ2n) is 7.21. The Bertz CT molecular complexity index is 1110. The van der Waals surface area contributed by atoms with E-state index in [0.717, 1.165) is 16.7 Å². The molecule has 3 heterocycles. The third-order valence-corrected chi connectivity index (χ3v) is 4.98. The molecule has 0 spiro atoms. The molecule has 0 saturated heterocycles. The van der Waals surface area contributed by atoms with Crippen LogP contribution in [0.2, 0.25) is 0 Å². The van der Waals surface area contributed by atoms with Crippen LogP contribution in [0.25, 0.3) is 22.0 Å². The SMILES string of the molecule is COc1cc2c(c(-c3cn(C)c(=O)c4[nH]ncc34)c1)OC(C(C)C)C(=O)C2. The van der Waals surface area contributed by atoms with Gasteiger partial charge in [0.15, 0.2) is 11.9 Å². The molecule has 0 aliphatic carbocycles. The lowest BCUT2D eigenvalue weighted by Crippen LogP contribution is -2.37. The van der Waals surface area contributed by atoms with Crippen molar-refractivity contribution < 1.29 is 14.3 Å². The van der Waals surface area contributed by atoms with Crippen LogP contribution in [0.4, 0.5) is 0 Å². The minimum absolute atomic E-state index is 0.0608. The number of ether oxygens (including phenoxy) is 2. The molecule has 7 heteroatoms. The number of benzene rings is 1. The Morgan fingerprint density at radius 3 is 2.78 bits per heavy atom. The molecule has 7 nitrogen and oxygen atoms in total. The molecule has 0 radical (unpaired) electrons. The van der Waals surface area contributed by atoms with Crippen molar-refractivity contribution in [1.82, 2.24) is 14.8 Å². The van der Waals surface area contributed by atoms with E-state index in [4.69, 9.17) is 9.47 Å². The van der Waals surface area contributed by atoms with Crippen LogP contribution >= 0.6 is 0 Å². The Morgan fingerprint density at radius 1 is 1.30 bits per heavy atom. The zero-order valence-corrected chi connectivity index (χ0v) is 15.7. The van der Waals surface area contributed by atoms with Gasteiger partial charge in [-0.05, 0) is 18.1 Å². The van der Waals surface area contributed by atoms with E-state index < -0.39 is 6.10 Å². The van der Waals surface area contributed by atoms with Crippen molar-refractivity contribution in [2.24, 2.45) is 13.0 Å². The number of hydrogen-bond acceptors (Lipinski definition) is 5. The molecule has 4 rings (SSSR count). The van der Waals surface area contributed by atoms with Crippen molar-refractivity contribution in [2.75, 3.05) is 7.11 Å². The number of ketones is 1. The maximum atomic E-state index is 12.5. The Kier molecular flexibility index (Phi) is 4.02. The summed E-state index contributed by atoms with van der Waals surface area (Å²) in [7, 11) is 3.28. The van der Waals surface area contributed by atoms with Crippen LogP contribution in [0.5, 0.6) is 11.5 Å². The van der Waals surface area contributed by atoms with Gasteiger partial charge in [0.05, 0.1) is 13.3 Å². The van der Waals surface area contributed by atoms with Crippen LogP contribution in [-0.2, 0) is 18.3 Å². The fourth-order valence-electron chi connectivity index (χ4n) is 3.60. The van der Waals surface area contributed by atoms with Gasteiger partial charge in [0, 0.05) is 41.7 Å². The number of fused-ring (bicyclic) bond motifs is 2. The van der Waals surface area contributed by atoms with Gasteiger partial charge in [-0.3, -0.25) is 14.7 Å². The third kappa shape index (κ3) is 2.70. The Balaban J connectivity index is 2.01. The number of nitrogens with zero attached hydrogens (tertiary/aromatic N) is 2. The lowest BCUT2D eigenvalue weighted by atomic mass is 9.90. The first-order chi connectivity index (χ1) is 12.9. The van der Waals surface area contributed by atoms with E-state index in [-0.39, 0.29) is 17.3 Å². The predicted octanol–water partition coefficient (Wildman–Crippen LogP) is 2.47. The molecule has 3 aromatic rings. The molecular formula is C20H21N3O4. The van der Waals surface area contributed by atoms with Gasteiger partial charge in [0.25, 0.3) is 5.56 Å². The van der Waals surface area contributed by atoms with Crippen LogP contribution in [-0.4, -0.2) is 33.8 Å². The average Bonchev–Trinajstić information content (AvgIpc) is 3.13. The fraction of sp³-hybridized carbons (Fsp3) is 0.350. The lowest BCUT2D eigenvalue weighted by molar-refractivity contribution is -0.128. The molecule has 27 heavy (non-hydrogen) atoms. The number of carbonyl (C=O) groups excluding carboxylic acids is 1. The maximum absolute atomic E-state index is 12.5.